The zero-order valence-corrected chi connectivity index (χ0v) is 14.6. The normalized spacial score (nSPS) is 10.2. The largest absolute Gasteiger partial charge is 0.488 e. The number of hydrogen-bond donors (Lipinski definition) is 2. The molecular weight excluding hydrogens is 342 g/mol. The van der Waals surface area contributed by atoms with Crippen LogP contribution in [-0.2, 0) is 13.2 Å². The molecule has 0 aliphatic rings. The lowest BCUT2D eigenvalue weighted by Gasteiger charge is -2.12. The van der Waals surface area contributed by atoms with Gasteiger partial charge in [0.05, 0.1) is 11.1 Å². The monoisotopic (exact) mass is 361 g/mol. The molecule has 1 amide bonds. The fourth-order valence-electron chi connectivity index (χ4n) is 2.56. The summed E-state index contributed by atoms with van der Waals surface area (Å²) in [6.07, 6.45) is 0. The van der Waals surface area contributed by atoms with Crippen molar-refractivity contribution in [1.29, 1.82) is 0 Å². The van der Waals surface area contributed by atoms with Crippen molar-refractivity contribution in [3.63, 3.8) is 0 Å². The molecule has 3 rings (SSSR count). The van der Waals surface area contributed by atoms with Gasteiger partial charge in [-0.1, -0.05) is 54.6 Å². The fraction of sp³-hybridized carbons (Fsp3) is 0.0909. The van der Waals surface area contributed by atoms with E-state index >= 15 is 0 Å². The topological polar surface area (TPSA) is 75.6 Å². The van der Waals surface area contributed by atoms with Crippen LogP contribution < -0.4 is 10.1 Å². The number of ether oxygens (including phenoxy) is 1. The lowest BCUT2D eigenvalue weighted by Crippen LogP contribution is -2.23. The zero-order chi connectivity index (χ0) is 19.1. The number of para-hydroxylation sites is 1. The molecule has 0 heterocycles. The Bertz CT molecular complexity index is 921. The summed E-state index contributed by atoms with van der Waals surface area (Å²) < 4.78 is 5.81. The van der Waals surface area contributed by atoms with Gasteiger partial charge in [-0.15, -0.1) is 0 Å². The molecule has 136 valence electrons. The first-order valence-electron chi connectivity index (χ1n) is 8.49. The van der Waals surface area contributed by atoms with E-state index in [9.17, 15) is 9.59 Å². The van der Waals surface area contributed by atoms with Crippen LogP contribution in [0, 0.1) is 0 Å². The highest BCUT2D eigenvalue weighted by atomic mass is 16.5. The Labute approximate surface area is 157 Å². The van der Waals surface area contributed by atoms with Crippen LogP contribution in [0.2, 0.25) is 0 Å². The number of benzene rings is 3. The van der Waals surface area contributed by atoms with Gasteiger partial charge in [-0.3, -0.25) is 4.79 Å². The second kappa shape index (κ2) is 8.67. The third-order valence-electron chi connectivity index (χ3n) is 4.02. The lowest BCUT2D eigenvalue weighted by atomic mass is 10.1. The van der Waals surface area contributed by atoms with E-state index in [0.717, 1.165) is 11.1 Å². The number of hydrogen-bond acceptors (Lipinski definition) is 3. The fourth-order valence-corrected chi connectivity index (χ4v) is 2.56. The Kier molecular flexibility index (Phi) is 5.84. The van der Waals surface area contributed by atoms with Gasteiger partial charge < -0.3 is 15.2 Å². The highest BCUT2D eigenvalue weighted by Crippen LogP contribution is 2.19. The van der Waals surface area contributed by atoms with Crippen LogP contribution in [0.1, 0.15) is 31.8 Å². The first-order chi connectivity index (χ1) is 13.1. The minimum absolute atomic E-state index is 0.213. The van der Waals surface area contributed by atoms with Gasteiger partial charge in [0.1, 0.15) is 12.4 Å². The molecule has 0 aliphatic carbocycles. The third kappa shape index (κ3) is 4.95. The summed E-state index contributed by atoms with van der Waals surface area (Å²) in [5.41, 5.74) is 2.50. The van der Waals surface area contributed by atoms with Gasteiger partial charge in [-0.05, 0) is 35.4 Å². The van der Waals surface area contributed by atoms with Crippen molar-refractivity contribution in [2.45, 2.75) is 13.2 Å². The van der Waals surface area contributed by atoms with E-state index in [2.05, 4.69) is 5.32 Å². The summed E-state index contributed by atoms with van der Waals surface area (Å²) in [7, 11) is 0. The Balaban J connectivity index is 1.63. The molecule has 0 fully saturated rings. The number of carbonyl (C=O) groups is 2. The maximum Gasteiger partial charge on any atom is 0.335 e. The summed E-state index contributed by atoms with van der Waals surface area (Å²) in [5, 5.41) is 11.8. The zero-order valence-electron chi connectivity index (χ0n) is 14.6. The Morgan fingerprint density at radius 3 is 2.19 bits per heavy atom. The van der Waals surface area contributed by atoms with E-state index in [-0.39, 0.29) is 11.5 Å². The van der Waals surface area contributed by atoms with E-state index in [4.69, 9.17) is 9.84 Å². The Morgan fingerprint density at radius 1 is 0.815 bits per heavy atom. The molecule has 0 spiro atoms. The van der Waals surface area contributed by atoms with Crippen LogP contribution in [0.4, 0.5) is 0 Å². The molecule has 0 aliphatic heterocycles. The van der Waals surface area contributed by atoms with Crippen molar-refractivity contribution >= 4 is 11.9 Å². The quantitative estimate of drug-likeness (QED) is 0.669. The molecule has 0 saturated carbocycles. The highest BCUT2D eigenvalue weighted by Gasteiger charge is 2.12. The molecule has 5 nitrogen and oxygen atoms in total. The van der Waals surface area contributed by atoms with Crippen LogP contribution >= 0.6 is 0 Å². The van der Waals surface area contributed by atoms with Gasteiger partial charge >= 0.3 is 5.97 Å². The first kappa shape index (κ1) is 18.2. The minimum Gasteiger partial charge on any atom is -0.488 e. The summed E-state index contributed by atoms with van der Waals surface area (Å²) >= 11 is 0. The van der Waals surface area contributed by atoms with E-state index in [0.29, 0.717) is 24.5 Å². The number of nitrogens with one attached hydrogen (secondary N) is 1. The molecule has 3 aromatic rings. The van der Waals surface area contributed by atoms with Gasteiger partial charge in [0, 0.05) is 6.54 Å². The molecule has 0 unspecified atom stereocenters. The molecule has 0 saturated heterocycles. The van der Waals surface area contributed by atoms with Gasteiger partial charge in [-0.2, -0.15) is 0 Å². The summed E-state index contributed by atoms with van der Waals surface area (Å²) in [6, 6.07) is 23.2. The second-order valence-electron chi connectivity index (χ2n) is 5.96. The molecule has 27 heavy (non-hydrogen) atoms. The van der Waals surface area contributed by atoms with Crippen molar-refractivity contribution in [2.24, 2.45) is 0 Å². The predicted molar refractivity (Wildman–Crippen MR) is 102 cm³/mol. The lowest BCUT2D eigenvalue weighted by molar-refractivity contribution is 0.0696. The Morgan fingerprint density at radius 2 is 1.48 bits per heavy atom. The number of carbonyl (C=O) groups excluding carboxylic acids is 1. The summed E-state index contributed by atoms with van der Waals surface area (Å²) in [6.45, 7) is 0.674. The maximum atomic E-state index is 12.5. The number of rotatable bonds is 7. The molecule has 5 heteroatoms. The van der Waals surface area contributed by atoms with Gasteiger partial charge in [0.2, 0.25) is 0 Å². The highest BCUT2D eigenvalue weighted by molar-refractivity contribution is 5.96. The van der Waals surface area contributed by atoms with Gasteiger partial charge in [-0.25, -0.2) is 4.79 Å². The molecule has 2 N–H and O–H groups in total. The van der Waals surface area contributed by atoms with Gasteiger partial charge in [0.15, 0.2) is 0 Å². The molecule has 0 bridgehead atoms. The summed E-state index contributed by atoms with van der Waals surface area (Å²) in [5.74, 6) is -0.712. The van der Waals surface area contributed by atoms with Crippen LogP contribution in [0.5, 0.6) is 5.75 Å². The van der Waals surface area contributed by atoms with Crippen molar-refractivity contribution in [2.75, 3.05) is 0 Å². The standard InChI is InChI=1S/C22H19NO4/c24-21(23-14-16-10-12-18(13-11-16)22(25)26)19-8-4-5-9-20(19)27-15-17-6-2-1-3-7-17/h1-13H,14-15H2,(H,23,24)(H,25,26). The van der Waals surface area contributed by atoms with Crippen LogP contribution in [0.25, 0.3) is 0 Å². The molecule has 0 atom stereocenters. The SMILES string of the molecule is O=C(O)c1ccc(CNC(=O)c2ccccc2OCc2ccccc2)cc1. The molecular formula is C22H19NO4. The van der Waals surface area contributed by atoms with Crippen LogP contribution in [-0.4, -0.2) is 17.0 Å². The number of aromatic carboxylic acids is 1. The molecule has 0 radical (unpaired) electrons. The van der Waals surface area contributed by atoms with E-state index < -0.39 is 5.97 Å². The van der Waals surface area contributed by atoms with Crippen LogP contribution in [0.15, 0.2) is 78.9 Å². The number of carboxylic acids is 1. The van der Waals surface area contributed by atoms with Crippen molar-refractivity contribution in [3.05, 3.63) is 101 Å². The summed E-state index contributed by atoms with van der Waals surface area (Å²) in [4.78, 5) is 23.4. The van der Waals surface area contributed by atoms with Gasteiger partial charge in [0.25, 0.3) is 5.91 Å². The van der Waals surface area contributed by atoms with Crippen molar-refractivity contribution in [3.8, 4) is 5.75 Å². The predicted octanol–water partition coefficient (Wildman–Crippen LogP) is 3.89. The second-order valence-corrected chi connectivity index (χ2v) is 5.96. The van der Waals surface area contributed by atoms with E-state index in [1.54, 1.807) is 30.3 Å². The Hall–Kier alpha value is -3.60. The van der Waals surface area contributed by atoms with E-state index in [1.807, 2.05) is 36.4 Å². The van der Waals surface area contributed by atoms with E-state index in [1.165, 1.54) is 12.1 Å². The van der Waals surface area contributed by atoms with Crippen LogP contribution in [0.3, 0.4) is 0 Å². The van der Waals surface area contributed by atoms with Crippen molar-refractivity contribution < 1.29 is 19.4 Å². The molecule has 0 aromatic heterocycles. The average Bonchev–Trinajstić information content (AvgIpc) is 2.71. The maximum absolute atomic E-state index is 12.5. The first-order valence-corrected chi connectivity index (χ1v) is 8.49. The number of carboxylic acid groups (broad SMARTS) is 1. The number of amides is 1. The average molecular weight is 361 g/mol. The molecule has 3 aromatic carbocycles. The minimum atomic E-state index is -0.977. The third-order valence-corrected chi connectivity index (χ3v) is 4.02. The smallest absolute Gasteiger partial charge is 0.335 e. The van der Waals surface area contributed by atoms with Crippen molar-refractivity contribution in [1.82, 2.24) is 5.32 Å².